The molecule has 162 valence electrons. The van der Waals surface area contributed by atoms with Crippen molar-refractivity contribution >= 4 is 39.2 Å². The van der Waals surface area contributed by atoms with E-state index in [2.05, 4.69) is 29.9 Å². The Morgan fingerprint density at radius 2 is 2.10 bits per heavy atom. The first-order chi connectivity index (χ1) is 14.3. The smallest absolute Gasteiger partial charge is 0.260 e. The number of amides is 1. The number of H-pyrrole nitrogens is 1. The summed E-state index contributed by atoms with van der Waals surface area (Å²) in [4.78, 5) is 36.5. The maximum atomic E-state index is 12.8. The summed E-state index contributed by atoms with van der Waals surface area (Å²) in [5.41, 5.74) is 0.265. The van der Waals surface area contributed by atoms with Gasteiger partial charge in [0.05, 0.1) is 17.2 Å². The number of nitriles is 1. The summed E-state index contributed by atoms with van der Waals surface area (Å²) in [5.74, 6) is 0.555. The van der Waals surface area contributed by atoms with Crippen molar-refractivity contribution in [2.75, 3.05) is 12.8 Å². The van der Waals surface area contributed by atoms with Crippen LogP contribution in [0.5, 0.6) is 0 Å². The maximum absolute atomic E-state index is 12.8. The van der Waals surface area contributed by atoms with Gasteiger partial charge >= 0.3 is 0 Å². The van der Waals surface area contributed by atoms with Crippen LogP contribution in [0.1, 0.15) is 62.8 Å². The van der Waals surface area contributed by atoms with Crippen molar-refractivity contribution in [1.29, 1.82) is 5.26 Å². The minimum Gasteiger partial charge on any atom is -0.326 e. The molecule has 0 saturated heterocycles. The lowest BCUT2D eigenvalue weighted by Crippen LogP contribution is -2.50. The van der Waals surface area contributed by atoms with Gasteiger partial charge in [-0.3, -0.25) is 9.59 Å². The Balaban J connectivity index is 1.76. The number of thiophene rings is 1. The first-order valence-electron chi connectivity index (χ1n) is 10.6. The van der Waals surface area contributed by atoms with Gasteiger partial charge in [0.2, 0.25) is 5.91 Å². The van der Waals surface area contributed by atoms with E-state index < -0.39 is 5.54 Å². The van der Waals surface area contributed by atoms with E-state index in [1.165, 1.54) is 11.8 Å². The topological polar surface area (TPSA) is 89.8 Å². The lowest BCUT2D eigenvalue weighted by Gasteiger charge is -2.39. The van der Waals surface area contributed by atoms with Gasteiger partial charge in [0.25, 0.3) is 5.56 Å². The van der Waals surface area contributed by atoms with Crippen LogP contribution in [-0.4, -0.2) is 39.1 Å². The SMILES string of the molecule is CCC(C)Cc1c(C)sc2nc(SCC(=O)N(C)C3(C#N)CCCCC3)[nH]c(=O)c12. The molecule has 30 heavy (non-hydrogen) atoms. The van der Waals surface area contributed by atoms with Gasteiger partial charge in [0.1, 0.15) is 10.4 Å². The number of rotatable bonds is 7. The van der Waals surface area contributed by atoms with E-state index in [1.54, 1.807) is 23.3 Å². The first-order valence-corrected chi connectivity index (χ1v) is 12.4. The molecule has 2 aromatic heterocycles. The molecule has 1 fully saturated rings. The second-order valence-electron chi connectivity index (χ2n) is 8.35. The van der Waals surface area contributed by atoms with Crippen molar-refractivity contribution < 1.29 is 4.79 Å². The van der Waals surface area contributed by atoms with Crippen LogP contribution in [-0.2, 0) is 11.2 Å². The average Bonchev–Trinajstić information content (AvgIpc) is 3.07. The summed E-state index contributed by atoms with van der Waals surface area (Å²) in [5, 5.41) is 10.8. The zero-order valence-electron chi connectivity index (χ0n) is 18.2. The molecule has 0 spiro atoms. The molecule has 6 nitrogen and oxygen atoms in total. The monoisotopic (exact) mass is 446 g/mol. The fourth-order valence-corrected chi connectivity index (χ4v) is 5.97. The molecule has 2 heterocycles. The van der Waals surface area contributed by atoms with Gasteiger partial charge in [-0.05, 0) is 37.7 Å². The lowest BCUT2D eigenvalue weighted by molar-refractivity contribution is -0.131. The molecular weight excluding hydrogens is 416 g/mol. The summed E-state index contributed by atoms with van der Waals surface area (Å²) in [6.07, 6.45) is 6.45. The molecule has 1 amide bonds. The first kappa shape index (κ1) is 22.8. The molecule has 0 aliphatic heterocycles. The van der Waals surface area contributed by atoms with Gasteiger partial charge in [-0.15, -0.1) is 11.3 Å². The van der Waals surface area contributed by atoms with Crippen LogP contribution in [0.3, 0.4) is 0 Å². The van der Waals surface area contributed by atoms with E-state index >= 15 is 0 Å². The van der Waals surface area contributed by atoms with E-state index in [4.69, 9.17) is 0 Å². The third-order valence-corrected chi connectivity index (χ3v) is 8.23. The highest BCUT2D eigenvalue weighted by atomic mass is 32.2. The summed E-state index contributed by atoms with van der Waals surface area (Å²) in [6.45, 7) is 6.39. The number of aromatic nitrogens is 2. The third-order valence-electron chi connectivity index (χ3n) is 6.33. The Kier molecular flexibility index (Phi) is 7.25. The van der Waals surface area contributed by atoms with Crippen molar-refractivity contribution in [3.8, 4) is 6.07 Å². The molecule has 2 aromatic rings. The van der Waals surface area contributed by atoms with Gasteiger partial charge in [-0.25, -0.2) is 4.98 Å². The molecule has 8 heteroatoms. The number of carbonyl (C=O) groups is 1. The van der Waals surface area contributed by atoms with Crippen molar-refractivity contribution in [1.82, 2.24) is 14.9 Å². The quantitative estimate of drug-likeness (QED) is 0.493. The number of nitrogens with zero attached hydrogens (tertiary/aromatic N) is 3. The number of carbonyl (C=O) groups excluding carboxylic acids is 1. The molecule has 1 aliphatic rings. The number of aromatic amines is 1. The van der Waals surface area contributed by atoms with E-state index in [0.717, 1.165) is 60.2 Å². The fourth-order valence-electron chi connectivity index (χ4n) is 4.09. The summed E-state index contributed by atoms with van der Waals surface area (Å²) < 4.78 is 0. The number of hydrogen-bond donors (Lipinski definition) is 1. The highest BCUT2D eigenvalue weighted by Crippen LogP contribution is 2.33. The van der Waals surface area contributed by atoms with Gasteiger partial charge in [-0.2, -0.15) is 5.26 Å². The van der Waals surface area contributed by atoms with E-state index in [0.29, 0.717) is 16.5 Å². The highest BCUT2D eigenvalue weighted by molar-refractivity contribution is 7.99. The van der Waals surface area contributed by atoms with Crippen LogP contribution in [0.4, 0.5) is 0 Å². The Bertz CT molecular complexity index is 1010. The molecule has 1 saturated carbocycles. The predicted molar refractivity (Wildman–Crippen MR) is 123 cm³/mol. The Morgan fingerprint density at radius 1 is 1.40 bits per heavy atom. The molecule has 3 rings (SSSR count). The van der Waals surface area contributed by atoms with Crippen LogP contribution in [0.25, 0.3) is 10.2 Å². The molecule has 0 radical (unpaired) electrons. The Morgan fingerprint density at radius 3 is 2.73 bits per heavy atom. The zero-order chi connectivity index (χ0) is 21.9. The van der Waals surface area contributed by atoms with E-state index in [1.807, 2.05) is 6.92 Å². The van der Waals surface area contributed by atoms with Crippen LogP contribution < -0.4 is 5.56 Å². The molecule has 1 aliphatic carbocycles. The van der Waals surface area contributed by atoms with Gasteiger partial charge in [-0.1, -0.05) is 51.3 Å². The van der Waals surface area contributed by atoms with Crippen molar-refractivity contribution in [2.45, 2.75) is 76.4 Å². The number of fused-ring (bicyclic) bond motifs is 1. The van der Waals surface area contributed by atoms with Crippen molar-refractivity contribution in [3.05, 3.63) is 20.8 Å². The second-order valence-corrected chi connectivity index (χ2v) is 10.5. The molecular formula is C22H30N4O2S2. The minimum atomic E-state index is -0.698. The van der Waals surface area contributed by atoms with Crippen molar-refractivity contribution in [2.24, 2.45) is 5.92 Å². The number of hydrogen-bond acceptors (Lipinski definition) is 6. The molecule has 0 aromatic carbocycles. The van der Waals surface area contributed by atoms with Gasteiger partial charge < -0.3 is 9.88 Å². The summed E-state index contributed by atoms with van der Waals surface area (Å²) in [7, 11) is 1.72. The molecule has 1 atom stereocenters. The average molecular weight is 447 g/mol. The van der Waals surface area contributed by atoms with E-state index in [9.17, 15) is 14.9 Å². The summed E-state index contributed by atoms with van der Waals surface area (Å²) >= 11 is 2.77. The van der Waals surface area contributed by atoms with Crippen molar-refractivity contribution in [3.63, 3.8) is 0 Å². The normalized spacial score (nSPS) is 16.9. The van der Waals surface area contributed by atoms with E-state index in [-0.39, 0.29) is 17.2 Å². The fraction of sp³-hybridized carbons (Fsp3) is 0.636. The van der Waals surface area contributed by atoms with Crippen LogP contribution >= 0.6 is 23.1 Å². The Labute approximate surface area is 186 Å². The molecule has 1 unspecified atom stereocenters. The van der Waals surface area contributed by atoms with Crippen LogP contribution in [0.15, 0.2) is 9.95 Å². The maximum Gasteiger partial charge on any atom is 0.260 e. The number of nitrogens with one attached hydrogen (secondary N) is 1. The third kappa shape index (κ3) is 4.57. The molecule has 0 bridgehead atoms. The highest BCUT2D eigenvalue weighted by Gasteiger charge is 2.38. The van der Waals surface area contributed by atoms with Gasteiger partial charge in [0.15, 0.2) is 5.16 Å². The van der Waals surface area contributed by atoms with Crippen LogP contribution in [0.2, 0.25) is 0 Å². The number of aryl methyl sites for hydroxylation is 1. The standard InChI is InChI=1S/C22H30N4O2S2/c1-5-14(2)11-16-15(3)30-20-18(16)19(28)24-21(25-20)29-12-17(27)26(4)22(13-23)9-7-6-8-10-22/h14H,5-12H2,1-4H3,(H,24,25,28). The Hall–Kier alpha value is -1.85. The van der Waals surface area contributed by atoms with Crippen LogP contribution in [0, 0.1) is 24.2 Å². The summed E-state index contributed by atoms with van der Waals surface area (Å²) in [6, 6.07) is 2.38. The minimum absolute atomic E-state index is 0.106. The molecule has 1 N–H and O–H groups in total. The predicted octanol–water partition coefficient (Wildman–Crippen LogP) is 4.66. The zero-order valence-corrected chi connectivity index (χ0v) is 19.8. The van der Waals surface area contributed by atoms with Gasteiger partial charge in [0, 0.05) is 11.9 Å². The lowest BCUT2D eigenvalue weighted by atomic mass is 9.81. The second kappa shape index (κ2) is 9.52. The largest absolute Gasteiger partial charge is 0.326 e. The number of thioether (sulfide) groups is 1.